The molecular formula is C44H70N3Si. The van der Waals surface area contributed by atoms with Crippen LogP contribution in [0.4, 0.5) is 0 Å². The van der Waals surface area contributed by atoms with Crippen LogP contribution in [0.25, 0.3) is 0 Å². The van der Waals surface area contributed by atoms with Crippen LogP contribution in [0, 0.1) is 5.54 Å². The van der Waals surface area contributed by atoms with Crippen molar-refractivity contribution in [2.45, 2.75) is 119 Å². The first-order chi connectivity index (χ1) is 22.7. The standard InChI is InChI=1S/C41H55Si.3CH5N/c1-26(2)32-17-33(27(3)4)21-39(20-32)42(38-15-13-14-16-38,40-22-34(28(5)6)18-35(23-40)29(7)8)41-24-36(30(9)10)19-37(25-41)31(11)12;3*1-2/h13-31H,1-12H3;3*2H2,1H3. The van der Waals surface area contributed by atoms with Crippen molar-refractivity contribution in [3.8, 4) is 0 Å². The summed E-state index contributed by atoms with van der Waals surface area (Å²) in [5.41, 5.74) is 23.7. The average Bonchev–Trinajstić information content (AvgIpc) is 3.62. The monoisotopic (exact) mass is 669 g/mol. The maximum absolute atomic E-state index is 4.50. The number of benzene rings is 3. The first-order valence-corrected chi connectivity index (χ1v) is 20.2. The Labute approximate surface area is 297 Å². The fraction of sp³-hybridized carbons (Fsp3) is 0.477. The lowest BCUT2D eigenvalue weighted by molar-refractivity contribution is 0.834. The molecule has 3 nitrogen and oxygen atoms in total. The van der Waals surface area contributed by atoms with Crippen molar-refractivity contribution in [3.63, 3.8) is 0 Å². The highest BCUT2D eigenvalue weighted by Crippen LogP contribution is 2.33. The second kappa shape index (κ2) is 20.0. The first-order valence-electron chi connectivity index (χ1n) is 18.2. The van der Waals surface area contributed by atoms with Gasteiger partial charge in [-0.3, -0.25) is 0 Å². The van der Waals surface area contributed by atoms with Gasteiger partial charge in [-0.1, -0.05) is 162 Å². The predicted octanol–water partition coefficient (Wildman–Crippen LogP) is 8.86. The fourth-order valence-electron chi connectivity index (χ4n) is 6.30. The Kier molecular flexibility index (Phi) is 18.1. The lowest BCUT2D eigenvalue weighted by Gasteiger charge is -2.40. The maximum atomic E-state index is 4.50. The van der Waals surface area contributed by atoms with E-state index in [9.17, 15) is 0 Å². The van der Waals surface area contributed by atoms with E-state index in [2.05, 4.69) is 179 Å². The van der Waals surface area contributed by atoms with E-state index >= 15 is 0 Å². The van der Waals surface area contributed by atoms with Gasteiger partial charge in [0.25, 0.3) is 0 Å². The molecule has 4 rings (SSSR count). The molecule has 3 aromatic carbocycles. The number of nitrogens with two attached hydrogens (primary N) is 3. The highest BCUT2D eigenvalue weighted by molar-refractivity contribution is 7.15. The van der Waals surface area contributed by atoms with Crippen molar-refractivity contribution in [1.82, 2.24) is 0 Å². The zero-order chi connectivity index (χ0) is 36.9. The lowest BCUT2D eigenvalue weighted by atomic mass is 9.95. The molecule has 1 aliphatic carbocycles. The Morgan fingerprint density at radius 1 is 0.333 bits per heavy atom. The second-order valence-corrected chi connectivity index (χ2v) is 18.3. The minimum Gasteiger partial charge on any atom is -0.333 e. The van der Waals surface area contributed by atoms with Gasteiger partial charge in [-0.2, -0.15) is 0 Å². The molecule has 0 amide bonds. The van der Waals surface area contributed by atoms with Crippen molar-refractivity contribution >= 4 is 23.6 Å². The third-order valence-corrected chi connectivity index (χ3v) is 14.0. The second-order valence-electron chi connectivity index (χ2n) is 14.5. The Balaban J connectivity index is 0.00000182. The average molecular weight is 669 g/mol. The molecule has 0 unspecified atom stereocenters. The molecule has 1 aliphatic rings. The summed E-state index contributed by atoms with van der Waals surface area (Å²) in [6.45, 7) is 28.2. The molecule has 0 aromatic heterocycles. The minimum absolute atomic E-state index is 0.468. The Hall–Kier alpha value is -2.76. The lowest BCUT2D eigenvalue weighted by Crippen LogP contribution is -2.70. The zero-order valence-electron chi connectivity index (χ0n) is 33.2. The van der Waals surface area contributed by atoms with Gasteiger partial charge in [-0.25, -0.2) is 0 Å². The molecule has 4 heteroatoms. The van der Waals surface area contributed by atoms with E-state index in [1.54, 1.807) is 0 Å². The van der Waals surface area contributed by atoms with Crippen LogP contribution in [0.15, 0.2) is 78.9 Å². The Morgan fingerprint density at radius 2 is 0.521 bits per heavy atom. The highest BCUT2D eigenvalue weighted by Gasteiger charge is 2.47. The van der Waals surface area contributed by atoms with Crippen LogP contribution in [-0.4, -0.2) is 29.2 Å². The van der Waals surface area contributed by atoms with Crippen LogP contribution >= 0.6 is 0 Å². The van der Waals surface area contributed by atoms with Gasteiger partial charge < -0.3 is 17.2 Å². The molecule has 0 heterocycles. The fourth-order valence-corrected chi connectivity index (χ4v) is 11.3. The van der Waals surface area contributed by atoms with Gasteiger partial charge >= 0.3 is 0 Å². The van der Waals surface area contributed by atoms with E-state index in [4.69, 9.17) is 0 Å². The molecule has 6 N–H and O–H groups in total. The molecule has 0 bridgehead atoms. The first kappa shape index (κ1) is 43.3. The number of rotatable bonds is 10. The van der Waals surface area contributed by atoms with Gasteiger partial charge in [-0.05, 0) is 106 Å². The molecule has 3 aromatic rings. The molecule has 0 saturated heterocycles. The van der Waals surface area contributed by atoms with Gasteiger partial charge in [-0.15, -0.1) is 0 Å². The largest absolute Gasteiger partial charge is 0.333 e. The summed E-state index contributed by atoms with van der Waals surface area (Å²) in [5, 5.41) is 4.57. The highest BCUT2D eigenvalue weighted by atomic mass is 28.3. The third kappa shape index (κ3) is 9.91. The molecule has 0 aliphatic heterocycles. The predicted molar refractivity (Wildman–Crippen MR) is 220 cm³/mol. The molecule has 265 valence electrons. The summed E-state index contributed by atoms with van der Waals surface area (Å²) in [4.78, 5) is 0. The summed E-state index contributed by atoms with van der Waals surface area (Å²) in [5.74, 6) is 2.81. The number of hydrogen-bond acceptors (Lipinski definition) is 3. The molecule has 0 saturated carbocycles. The minimum atomic E-state index is -2.71. The molecule has 0 atom stereocenters. The van der Waals surface area contributed by atoms with E-state index in [1.807, 2.05) is 0 Å². The number of allylic oxidation sites excluding steroid dienone is 4. The normalized spacial score (nSPS) is 12.8. The van der Waals surface area contributed by atoms with E-state index < -0.39 is 8.07 Å². The zero-order valence-corrected chi connectivity index (χ0v) is 34.2. The van der Waals surface area contributed by atoms with Gasteiger partial charge in [0.15, 0.2) is 8.07 Å². The molecule has 0 fully saturated rings. The Morgan fingerprint density at radius 3 is 0.688 bits per heavy atom. The van der Waals surface area contributed by atoms with Gasteiger partial charge in [0.1, 0.15) is 0 Å². The summed E-state index contributed by atoms with van der Waals surface area (Å²) in [6.07, 6.45) is 9.38. The van der Waals surface area contributed by atoms with Crippen molar-refractivity contribution in [2.75, 3.05) is 21.1 Å². The van der Waals surface area contributed by atoms with Crippen molar-refractivity contribution in [3.05, 3.63) is 118 Å². The van der Waals surface area contributed by atoms with E-state index in [1.165, 1.54) is 75.6 Å². The molecule has 0 spiro atoms. The smallest absolute Gasteiger partial charge is 0.162 e. The van der Waals surface area contributed by atoms with E-state index in [-0.39, 0.29) is 0 Å². The quantitative estimate of drug-likeness (QED) is 0.149. The van der Waals surface area contributed by atoms with Crippen LogP contribution < -0.4 is 32.8 Å². The van der Waals surface area contributed by atoms with Crippen LogP contribution in [0.3, 0.4) is 0 Å². The van der Waals surface area contributed by atoms with Crippen LogP contribution in [0.2, 0.25) is 0 Å². The summed E-state index contributed by atoms with van der Waals surface area (Å²) >= 11 is 0. The van der Waals surface area contributed by atoms with Crippen LogP contribution in [0.1, 0.15) is 152 Å². The van der Waals surface area contributed by atoms with Gasteiger partial charge in [0.05, 0.1) is 0 Å². The van der Waals surface area contributed by atoms with Gasteiger partial charge in [0.2, 0.25) is 0 Å². The molecule has 48 heavy (non-hydrogen) atoms. The van der Waals surface area contributed by atoms with Crippen LogP contribution in [0.5, 0.6) is 0 Å². The number of hydrogen-bond donors (Lipinski definition) is 3. The summed E-state index contributed by atoms with van der Waals surface area (Å²) in [7, 11) is 1.79. The summed E-state index contributed by atoms with van der Waals surface area (Å²) in [6, 6.07) is 22.9. The van der Waals surface area contributed by atoms with Crippen LogP contribution in [-0.2, 0) is 0 Å². The maximum Gasteiger partial charge on any atom is 0.162 e. The van der Waals surface area contributed by atoms with E-state index in [0.29, 0.717) is 35.5 Å². The van der Waals surface area contributed by atoms with Crippen molar-refractivity contribution in [1.29, 1.82) is 0 Å². The van der Waals surface area contributed by atoms with Crippen molar-refractivity contribution < 1.29 is 0 Å². The third-order valence-electron chi connectivity index (χ3n) is 9.33. The van der Waals surface area contributed by atoms with Crippen molar-refractivity contribution in [2.24, 2.45) is 17.2 Å². The summed E-state index contributed by atoms with van der Waals surface area (Å²) < 4.78 is 0. The molecule has 1 radical (unpaired) electrons. The van der Waals surface area contributed by atoms with E-state index in [0.717, 1.165) is 0 Å². The Bertz CT molecular complexity index is 1220. The van der Waals surface area contributed by atoms with Gasteiger partial charge in [0, 0.05) is 5.54 Å². The molecular weight excluding hydrogens is 599 g/mol. The SMILES string of the molecule is CC(C)c1cc(C(C)C)cc([Si]([C]2C=CC=C2)(c2cc(C(C)C)cc(C(C)C)c2)c2cc(C(C)C)cc(C(C)C)c2)c1.CN.CN.CN. The topological polar surface area (TPSA) is 78.1 Å².